The fourth-order valence-corrected chi connectivity index (χ4v) is 4.05. The van der Waals surface area contributed by atoms with Crippen LogP contribution in [0.25, 0.3) is 0 Å². The summed E-state index contributed by atoms with van der Waals surface area (Å²) in [5.74, 6) is 1.64. The third-order valence-electron chi connectivity index (χ3n) is 5.77. The highest BCUT2D eigenvalue weighted by Gasteiger charge is 1.92. The number of alkyl halides is 2. The molecule has 0 aliphatic heterocycles. The summed E-state index contributed by atoms with van der Waals surface area (Å²) in [6.07, 6.45) is 34.2. The van der Waals surface area contributed by atoms with Crippen LogP contribution in [0.3, 0.4) is 0 Å². The van der Waals surface area contributed by atoms with Crippen molar-refractivity contribution in [3.05, 3.63) is 24.3 Å². The van der Waals surface area contributed by atoms with E-state index in [2.05, 4.69) is 24.3 Å². The fourth-order valence-electron chi connectivity index (χ4n) is 3.67. The molecule has 0 aliphatic rings. The SMILES string of the molecule is C.CO.COCOCC/C=C\CCCCCCCCCCCl.OCC/C=C\CCCCCCCCCCCl. The van der Waals surface area contributed by atoms with Gasteiger partial charge in [0.2, 0.25) is 0 Å². The molecule has 0 unspecified atom stereocenters. The van der Waals surface area contributed by atoms with Crippen molar-refractivity contribution in [2.45, 2.75) is 136 Å². The van der Waals surface area contributed by atoms with Crippen LogP contribution in [-0.2, 0) is 9.47 Å². The lowest BCUT2D eigenvalue weighted by Gasteiger charge is -2.00. The number of rotatable bonds is 27. The van der Waals surface area contributed by atoms with Crippen molar-refractivity contribution >= 4 is 23.2 Å². The number of ether oxygens (including phenoxy) is 2. The van der Waals surface area contributed by atoms with Crippen molar-refractivity contribution in [2.75, 3.05) is 46.0 Å². The Morgan fingerprint density at radius 1 is 0.526 bits per heavy atom. The van der Waals surface area contributed by atoms with E-state index in [1.807, 2.05) is 0 Å². The lowest BCUT2D eigenvalue weighted by molar-refractivity contribution is -0.0285. The van der Waals surface area contributed by atoms with Gasteiger partial charge >= 0.3 is 0 Å². The number of allylic oxidation sites excluding steroid dienone is 2. The van der Waals surface area contributed by atoms with Crippen molar-refractivity contribution in [3.63, 3.8) is 0 Å². The second-order valence-corrected chi connectivity index (χ2v) is 9.93. The van der Waals surface area contributed by atoms with Crippen LogP contribution in [0.5, 0.6) is 0 Å². The van der Waals surface area contributed by atoms with E-state index >= 15 is 0 Å². The monoisotopic (exact) mass is 584 g/mol. The van der Waals surface area contributed by atoms with E-state index in [0.29, 0.717) is 6.79 Å². The van der Waals surface area contributed by atoms with Gasteiger partial charge in [-0.2, -0.15) is 0 Å². The number of halogens is 2. The Hall–Kier alpha value is -0.100. The average Bonchev–Trinajstić information content (AvgIpc) is 2.93. The smallest absolute Gasteiger partial charge is 0.146 e. The van der Waals surface area contributed by atoms with Crippen LogP contribution in [0.4, 0.5) is 0 Å². The normalized spacial score (nSPS) is 10.7. The van der Waals surface area contributed by atoms with Gasteiger partial charge in [0.05, 0.1) is 6.61 Å². The van der Waals surface area contributed by atoms with Crippen LogP contribution in [-0.4, -0.2) is 56.2 Å². The summed E-state index contributed by atoms with van der Waals surface area (Å²) in [5.41, 5.74) is 0. The topological polar surface area (TPSA) is 58.9 Å². The summed E-state index contributed by atoms with van der Waals surface area (Å²) in [5, 5.41) is 15.6. The summed E-state index contributed by atoms with van der Waals surface area (Å²) in [6, 6.07) is 0. The Labute approximate surface area is 248 Å². The second kappa shape index (κ2) is 49.8. The molecule has 4 nitrogen and oxygen atoms in total. The van der Waals surface area contributed by atoms with Crippen molar-refractivity contribution in [3.8, 4) is 0 Å². The van der Waals surface area contributed by atoms with E-state index in [4.69, 9.17) is 42.9 Å². The molecule has 38 heavy (non-hydrogen) atoms. The van der Waals surface area contributed by atoms with Gasteiger partial charge in [0.15, 0.2) is 0 Å². The number of hydrogen-bond acceptors (Lipinski definition) is 4. The minimum atomic E-state index is 0. The van der Waals surface area contributed by atoms with E-state index < -0.39 is 0 Å². The first-order valence-corrected chi connectivity index (χ1v) is 15.9. The van der Waals surface area contributed by atoms with Gasteiger partial charge in [-0.15, -0.1) is 23.2 Å². The van der Waals surface area contributed by atoms with Gasteiger partial charge in [-0.05, 0) is 51.4 Å². The lowest BCUT2D eigenvalue weighted by atomic mass is 10.1. The van der Waals surface area contributed by atoms with Crippen LogP contribution < -0.4 is 0 Å². The molecule has 0 heterocycles. The molecule has 0 aliphatic carbocycles. The van der Waals surface area contributed by atoms with Gasteiger partial charge in [-0.3, -0.25) is 0 Å². The molecule has 0 amide bonds. The summed E-state index contributed by atoms with van der Waals surface area (Å²) in [7, 11) is 2.65. The van der Waals surface area contributed by atoms with E-state index in [1.165, 1.54) is 116 Å². The molecular formula is C32H66Cl2O4. The maximum Gasteiger partial charge on any atom is 0.146 e. The molecule has 6 heteroatoms. The Morgan fingerprint density at radius 2 is 0.868 bits per heavy atom. The Bertz CT molecular complexity index is 407. The van der Waals surface area contributed by atoms with E-state index in [-0.39, 0.29) is 14.0 Å². The average molecular weight is 586 g/mol. The summed E-state index contributed by atoms with van der Waals surface area (Å²) in [4.78, 5) is 0. The highest BCUT2D eigenvalue weighted by Crippen LogP contribution is 2.11. The third-order valence-corrected chi connectivity index (χ3v) is 6.30. The van der Waals surface area contributed by atoms with Crippen LogP contribution in [0.1, 0.15) is 136 Å². The summed E-state index contributed by atoms with van der Waals surface area (Å²) in [6.45, 7) is 1.43. The molecule has 0 rings (SSSR count). The molecule has 2 N–H and O–H groups in total. The van der Waals surface area contributed by atoms with E-state index in [1.54, 1.807) is 7.11 Å². The quantitative estimate of drug-likeness (QED) is 0.0436. The number of aliphatic hydroxyl groups excluding tert-OH is 2. The van der Waals surface area contributed by atoms with Gasteiger partial charge in [-0.1, -0.05) is 109 Å². The van der Waals surface area contributed by atoms with Crippen molar-refractivity contribution in [1.29, 1.82) is 0 Å². The maximum absolute atomic E-state index is 8.57. The van der Waals surface area contributed by atoms with Crippen LogP contribution in [0, 0.1) is 0 Å². The molecule has 0 bridgehead atoms. The minimum absolute atomic E-state index is 0. The first kappa shape index (κ1) is 44.9. The highest BCUT2D eigenvalue weighted by molar-refractivity contribution is 6.18. The predicted molar refractivity (Wildman–Crippen MR) is 172 cm³/mol. The molecular weight excluding hydrogens is 519 g/mol. The van der Waals surface area contributed by atoms with Crippen molar-refractivity contribution in [1.82, 2.24) is 0 Å². The molecule has 0 saturated carbocycles. The minimum Gasteiger partial charge on any atom is -0.400 e. The maximum atomic E-state index is 8.57. The summed E-state index contributed by atoms with van der Waals surface area (Å²) >= 11 is 11.3. The van der Waals surface area contributed by atoms with Gasteiger partial charge in [-0.25, -0.2) is 0 Å². The highest BCUT2D eigenvalue weighted by atomic mass is 35.5. The molecule has 0 saturated heterocycles. The largest absolute Gasteiger partial charge is 0.400 e. The zero-order valence-electron chi connectivity index (χ0n) is 24.5. The Morgan fingerprint density at radius 3 is 1.24 bits per heavy atom. The Balaban J connectivity index is -0.000000282. The molecule has 232 valence electrons. The predicted octanol–water partition coefficient (Wildman–Crippen LogP) is 10.2. The standard InChI is InChI=1S/C16H31ClO2.C14H27ClO.CH4O.CH4/c1-18-16-19-15-13-11-9-7-5-3-2-4-6-8-10-12-14-17;15-13-11-9-7-5-3-1-2-4-6-8-10-12-14-16;1-2;/h9,11H,2-8,10,12-16H2,1H3;8,10,16H,1-7,9,11-14H2;2H,1H3;1H4/b11-9-;10-8-;;. The summed E-state index contributed by atoms with van der Waals surface area (Å²) < 4.78 is 10.0. The molecule has 0 aromatic heterocycles. The van der Waals surface area contributed by atoms with Crippen molar-refractivity contribution in [2.24, 2.45) is 0 Å². The molecule has 0 fully saturated rings. The second-order valence-electron chi connectivity index (χ2n) is 9.17. The van der Waals surface area contributed by atoms with Crippen LogP contribution in [0.15, 0.2) is 24.3 Å². The van der Waals surface area contributed by atoms with Crippen molar-refractivity contribution < 1.29 is 19.7 Å². The molecule has 0 radical (unpaired) electrons. The molecule has 0 atom stereocenters. The fraction of sp³-hybridized carbons (Fsp3) is 0.875. The first-order valence-electron chi connectivity index (χ1n) is 14.9. The van der Waals surface area contributed by atoms with Gasteiger partial charge in [0, 0.05) is 32.6 Å². The third kappa shape index (κ3) is 52.4. The van der Waals surface area contributed by atoms with Crippen LogP contribution >= 0.6 is 23.2 Å². The van der Waals surface area contributed by atoms with E-state index in [9.17, 15) is 0 Å². The van der Waals surface area contributed by atoms with E-state index in [0.717, 1.165) is 38.3 Å². The number of unbranched alkanes of at least 4 members (excludes halogenated alkanes) is 16. The molecule has 0 aromatic rings. The van der Waals surface area contributed by atoms with Gasteiger partial charge in [0.25, 0.3) is 0 Å². The zero-order chi connectivity index (χ0) is 27.9. The first-order chi connectivity index (χ1) is 18.3. The van der Waals surface area contributed by atoms with Crippen LogP contribution in [0.2, 0.25) is 0 Å². The molecule has 0 spiro atoms. The number of methoxy groups -OCH3 is 1. The Kier molecular flexibility index (Phi) is 58.9. The lowest BCUT2D eigenvalue weighted by Crippen LogP contribution is -1.96. The zero-order valence-corrected chi connectivity index (χ0v) is 26.0. The van der Waals surface area contributed by atoms with Gasteiger partial charge < -0.3 is 19.7 Å². The van der Waals surface area contributed by atoms with Gasteiger partial charge in [0.1, 0.15) is 6.79 Å². The number of hydrogen-bond donors (Lipinski definition) is 2. The molecule has 0 aromatic carbocycles. The number of aliphatic hydroxyl groups is 2.